The van der Waals surface area contributed by atoms with Crippen molar-refractivity contribution in [3.8, 4) is 0 Å². The lowest BCUT2D eigenvalue weighted by atomic mass is 10.1. The third kappa shape index (κ3) is 1.66. The van der Waals surface area contributed by atoms with E-state index in [0.29, 0.717) is 6.42 Å². The summed E-state index contributed by atoms with van der Waals surface area (Å²) >= 11 is 0. The molecule has 0 amide bonds. The zero-order valence-corrected chi connectivity index (χ0v) is 5.07. The highest BCUT2D eigenvalue weighted by Crippen LogP contribution is 2.05. The molecule has 0 aromatic carbocycles. The smallest absolute Gasteiger partial charge is 0.0986 e. The molecule has 0 bridgehead atoms. The van der Waals surface area contributed by atoms with Crippen molar-refractivity contribution in [1.82, 2.24) is 0 Å². The highest BCUT2D eigenvalue weighted by molar-refractivity contribution is 5.10. The molecule has 2 heteroatoms. The summed E-state index contributed by atoms with van der Waals surface area (Å²) in [5.74, 6) is 0. The topological polar surface area (TPSA) is 40.5 Å². The summed E-state index contributed by atoms with van der Waals surface area (Å²) in [6.07, 6.45) is 6.18. The quantitative estimate of drug-likeness (QED) is 0.487. The number of allylic oxidation sites excluding steroid dienone is 2. The Kier molecular flexibility index (Phi) is 2.03. The van der Waals surface area contributed by atoms with Crippen LogP contribution in [0, 0.1) is 0 Å². The van der Waals surface area contributed by atoms with E-state index in [-0.39, 0.29) is 0 Å². The van der Waals surface area contributed by atoms with E-state index in [1.165, 1.54) is 0 Å². The minimum atomic E-state index is -0.694. The first kappa shape index (κ1) is 6.52. The molecule has 1 aliphatic rings. The summed E-state index contributed by atoms with van der Waals surface area (Å²) < 4.78 is 0. The Hall–Kier alpha value is -0.600. The van der Waals surface area contributed by atoms with Crippen LogP contribution in [0.4, 0.5) is 0 Å². The Labute approximate surface area is 54.1 Å². The molecule has 0 unspecified atom stereocenters. The molecule has 0 saturated heterocycles. The maximum absolute atomic E-state index is 9.01. The van der Waals surface area contributed by atoms with E-state index in [2.05, 4.69) is 0 Å². The number of aliphatic hydroxyl groups is 2. The van der Waals surface area contributed by atoms with Crippen LogP contribution in [0.3, 0.4) is 0 Å². The fraction of sp³-hybridized carbons (Fsp3) is 0.429. The van der Waals surface area contributed by atoms with Crippen molar-refractivity contribution in [2.45, 2.75) is 18.6 Å². The first-order valence-corrected chi connectivity index (χ1v) is 3.00. The summed E-state index contributed by atoms with van der Waals surface area (Å²) in [5, 5.41) is 18.0. The summed E-state index contributed by atoms with van der Waals surface area (Å²) in [4.78, 5) is 0. The van der Waals surface area contributed by atoms with Gasteiger partial charge in [0.15, 0.2) is 0 Å². The van der Waals surface area contributed by atoms with Crippen LogP contribution in [0.15, 0.2) is 24.3 Å². The molecule has 2 N–H and O–H groups in total. The Morgan fingerprint density at radius 1 is 1.22 bits per heavy atom. The molecule has 0 aromatic heterocycles. The summed E-state index contributed by atoms with van der Waals surface area (Å²) in [6, 6.07) is 0. The molecule has 50 valence electrons. The normalized spacial score (nSPS) is 34.4. The minimum Gasteiger partial charge on any atom is -0.390 e. The van der Waals surface area contributed by atoms with Crippen LogP contribution >= 0.6 is 0 Å². The second-order valence-corrected chi connectivity index (χ2v) is 2.11. The van der Waals surface area contributed by atoms with Crippen LogP contribution in [0.25, 0.3) is 0 Å². The van der Waals surface area contributed by atoms with E-state index < -0.39 is 12.2 Å². The molecular formula is C7H10O2. The van der Waals surface area contributed by atoms with Crippen molar-refractivity contribution in [2.75, 3.05) is 0 Å². The highest BCUT2D eigenvalue weighted by atomic mass is 16.3. The van der Waals surface area contributed by atoms with Gasteiger partial charge in [-0.05, 0) is 6.42 Å². The predicted molar refractivity (Wildman–Crippen MR) is 34.9 cm³/mol. The minimum absolute atomic E-state index is 0.536. The first-order valence-electron chi connectivity index (χ1n) is 3.00. The fourth-order valence-electron chi connectivity index (χ4n) is 0.742. The SMILES string of the molecule is O[C@@H]1CC=CC=C[C@@H]1O. The average Bonchev–Trinajstić information content (AvgIpc) is 1.99. The number of rotatable bonds is 0. The van der Waals surface area contributed by atoms with Gasteiger partial charge >= 0.3 is 0 Å². The third-order valence-electron chi connectivity index (χ3n) is 1.33. The van der Waals surface area contributed by atoms with Crippen LogP contribution in [0.2, 0.25) is 0 Å². The standard InChI is InChI=1S/C7H10O2/c8-6-4-2-1-3-5-7(6)9/h1-4,6-9H,5H2/t6-,7+/m0/s1. The lowest BCUT2D eigenvalue weighted by Gasteiger charge is -2.09. The van der Waals surface area contributed by atoms with Crippen molar-refractivity contribution >= 4 is 0 Å². The van der Waals surface area contributed by atoms with Crippen LogP contribution in [-0.4, -0.2) is 22.4 Å². The zero-order valence-electron chi connectivity index (χ0n) is 5.07. The summed E-state index contributed by atoms with van der Waals surface area (Å²) in [6.45, 7) is 0. The van der Waals surface area contributed by atoms with Gasteiger partial charge in [0.1, 0.15) is 0 Å². The van der Waals surface area contributed by atoms with Gasteiger partial charge in [-0.1, -0.05) is 24.3 Å². The van der Waals surface area contributed by atoms with Gasteiger partial charge < -0.3 is 10.2 Å². The van der Waals surface area contributed by atoms with Crippen LogP contribution in [0.5, 0.6) is 0 Å². The highest BCUT2D eigenvalue weighted by Gasteiger charge is 2.11. The summed E-state index contributed by atoms with van der Waals surface area (Å²) in [5.41, 5.74) is 0. The second-order valence-electron chi connectivity index (χ2n) is 2.11. The van der Waals surface area contributed by atoms with Gasteiger partial charge in [0.2, 0.25) is 0 Å². The maximum atomic E-state index is 9.01. The largest absolute Gasteiger partial charge is 0.390 e. The first-order chi connectivity index (χ1) is 4.30. The third-order valence-corrected chi connectivity index (χ3v) is 1.33. The lowest BCUT2D eigenvalue weighted by Crippen LogP contribution is -2.21. The summed E-state index contributed by atoms with van der Waals surface area (Å²) in [7, 11) is 0. The van der Waals surface area contributed by atoms with E-state index in [1.54, 1.807) is 12.2 Å². The van der Waals surface area contributed by atoms with Gasteiger partial charge in [0, 0.05) is 0 Å². The molecular weight excluding hydrogens is 116 g/mol. The zero-order chi connectivity index (χ0) is 6.69. The molecule has 0 spiro atoms. The fourth-order valence-corrected chi connectivity index (χ4v) is 0.742. The van der Waals surface area contributed by atoms with E-state index in [1.807, 2.05) is 12.2 Å². The number of aliphatic hydroxyl groups excluding tert-OH is 2. The molecule has 2 atom stereocenters. The Balaban J connectivity index is 2.58. The van der Waals surface area contributed by atoms with Gasteiger partial charge in [-0.25, -0.2) is 0 Å². The average molecular weight is 126 g/mol. The Bertz CT molecular complexity index is 138. The predicted octanol–water partition coefficient (Wildman–Crippen LogP) is 0.224. The molecule has 0 saturated carbocycles. The van der Waals surface area contributed by atoms with Crippen molar-refractivity contribution in [1.29, 1.82) is 0 Å². The van der Waals surface area contributed by atoms with Crippen LogP contribution < -0.4 is 0 Å². The van der Waals surface area contributed by atoms with E-state index in [9.17, 15) is 0 Å². The molecule has 0 fully saturated rings. The molecule has 0 radical (unpaired) electrons. The number of hydrogen-bond acceptors (Lipinski definition) is 2. The van der Waals surface area contributed by atoms with Gasteiger partial charge in [0.05, 0.1) is 12.2 Å². The number of hydrogen-bond donors (Lipinski definition) is 2. The van der Waals surface area contributed by atoms with Gasteiger partial charge in [-0.2, -0.15) is 0 Å². The Morgan fingerprint density at radius 2 is 2.00 bits per heavy atom. The molecule has 0 aliphatic heterocycles. The molecule has 1 aliphatic carbocycles. The maximum Gasteiger partial charge on any atom is 0.0986 e. The van der Waals surface area contributed by atoms with Crippen molar-refractivity contribution in [2.24, 2.45) is 0 Å². The van der Waals surface area contributed by atoms with E-state index >= 15 is 0 Å². The molecule has 9 heavy (non-hydrogen) atoms. The van der Waals surface area contributed by atoms with Crippen molar-refractivity contribution in [3.63, 3.8) is 0 Å². The molecule has 1 rings (SSSR count). The van der Waals surface area contributed by atoms with Crippen molar-refractivity contribution in [3.05, 3.63) is 24.3 Å². The molecule has 0 heterocycles. The molecule has 0 aromatic rings. The van der Waals surface area contributed by atoms with Crippen molar-refractivity contribution < 1.29 is 10.2 Å². The van der Waals surface area contributed by atoms with Crippen LogP contribution in [0.1, 0.15) is 6.42 Å². The molecule has 2 nitrogen and oxygen atoms in total. The second kappa shape index (κ2) is 2.80. The van der Waals surface area contributed by atoms with Gasteiger partial charge in [0.25, 0.3) is 0 Å². The van der Waals surface area contributed by atoms with Gasteiger partial charge in [-0.15, -0.1) is 0 Å². The van der Waals surface area contributed by atoms with Gasteiger partial charge in [-0.3, -0.25) is 0 Å². The van der Waals surface area contributed by atoms with E-state index in [4.69, 9.17) is 10.2 Å². The lowest BCUT2D eigenvalue weighted by molar-refractivity contribution is 0.0518. The van der Waals surface area contributed by atoms with Crippen LogP contribution in [-0.2, 0) is 0 Å². The van der Waals surface area contributed by atoms with E-state index in [0.717, 1.165) is 0 Å². The Morgan fingerprint density at radius 3 is 2.78 bits per heavy atom. The monoisotopic (exact) mass is 126 g/mol.